The lowest BCUT2D eigenvalue weighted by Gasteiger charge is -2.07. The summed E-state index contributed by atoms with van der Waals surface area (Å²) in [5.74, 6) is -0.425. The number of carbonyl (C=O) groups excluding carboxylic acids is 1. The summed E-state index contributed by atoms with van der Waals surface area (Å²) in [4.78, 5) is 35.8. The molecule has 2 aromatic heterocycles. The summed E-state index contributed by atoms with van der Waals surface area (Å²) < 4.78 is 3.20. The van der Waals surface area contributed by atoms with Crippen molar-refractivity contribution in [3.63, 3.8) is 0 Å². The number of amides is 1. The van der Waals surface area contributed by atoms with Gasteiger partial charge < -0.3 is 9.88 Å². The molecule has 139 valence electrons. The van der Waals surface area contributed by atoms with Crippen LogP contribution in [0.3, 0.4) is 0 Å². The van der Waals surface area contributed by atoms with Gasteiger partial charge in [0.2, 0.25) is 0 Å². The molecule has 0 aliphatic rings. The lowest BCUT2D eigenvalue weighted by molar-refractivity contribution is 0.0954. The standard InChI is InChI=1S/C19H19B2N4O3/c20-21-8-9-22-18(27)16-13-25(23-19(16)28)12-15-6-4-14(5-7-15)11-24-10-2-1-3-17(24)26/h1-7,10,13H,8-9,11-12H2,(H,22,27)(H,23,28). The Labute approximate surface area is 164 Å². The van der Waals surface area contributed by atoms with E-state index < -0.39 is 11.5 Å². The van der Waals surface area contributed by atoms with Crippen LogP contribution in [-0.4, -0.2) is 41.7 Å². The zero-order valence-electron chi connectivity index (χ0n) is 15.3. The highest BCUT2D eigenvalue weighted by Gasteiger charge is 2.12. The van der Waals surface area contributed by atoms with Gasteiger partial charge in [-0.05, 0) is 17.2 Å². The molecule has 0 unspecified atom stereocenters. The van der Waals surface area contributed by atoms with Crippen LogP contribution in [0.4, 0.5) is 0 Å². The van der Waals surface area contributed by atoms with Crippen LogP contribution in [0, 0.1) is 0 Å². The number of carbonyl (C=O) groups is 1. The number of H-pyrrole nitrogens is 1. The van der Waals surface area contributed by atoms with E-state index in [1.54, 1.807) is 21.5 Å². The number of hydrogen-bond donors (Lipinski definition) is 2. The van der Waals surface area contributed by atoms with Crippen LogP contribution < -0.4 is 16.4 Å². The zero-order valence-corrected chi connectivity index (χ0v) is 15.3. The van der Waals surface area contributed by atoms with Gasteiger partial charge in [0.25, 0.3) is 17.0 Å². The molecular weight excluding hydrogens is 354 g/mol. The van der Waals surface area contributed by atoms with Gasteiger partial charge in [-0.25, -0.2) is 0 Å². The molecule has 0 saturated heterocycles. The molecule has 3 aromatic rings. The number of benzene rings is 1. The Balaban J connectivity index is 1.65. The first-order valence-corrected chi connectivity index (χ1v) is 8.91. The predicted octanol–water partition coefficient (Wildman–Crippen LogP) is 0.370. The third-order valence-electron chi connectivity index (χ3n) is 4.24. The smallest absolute Gasteiger partial charge is 0.276 e. The molecule has 3 radical (unpaired) electrons. The van der Waals surface area contributed by atoms with Gasteiger partial charge in [0, 0.05) is 32.7 Å². The topological polar surface area (TPSA) is 88.9 Å². The van der Waals surface area contributed by atoms with Gasteiger partial charge in [-0.1, -0.05) is 36.7 Å². The molecule has 2 N–H and O–H groups in total. The van der Waals surface area contributed by atoms with Crippen LogP contribution in [0.1, 0.15) is 21.5 Å². The molecular formula is C19H19B2N4O3. The van der Waals surface area contributed by atoms with Gasteiger partial charge in [0.1, 0.15) is 5.56 Å². The molecule has 0 aliphatic heterocycles. The second-order valence-electron chi connectivity index (χ2n) is 6.38. The molecule has 28 heavy (non-hydrogen) atoms. The second kappa shape index (κ2) is 9.12. The van der Waals surface area contributed by atoms with E-state index in [2.05, 4.69) is 10.4 Å². The third-order valence-corrected chi connectivity index (χ3v) is 4.24. The molecule has 3 rings (SSSR count). The van der Waals surface area contributed by atoms with Crippen LogP contribution in [0.2, 0.25) is 6.32 Å². The van der Waals surface area contributed by atoms with Crippen LogP contribution in [0.15, 0.2) is 64.4 Å². The fourth-order valence-electron chi connectivity index (χ4n) is 2.78. The van der Waals surface area contributed by atoms with E-state index >= 15 is 0 Å². The van der Waals surface area contributed by atoms with Crippen molar-refractivity contribution in [2.24, 2.45) is 0 Å². The SMILES string of the molecule is [B][B]CCNC(=O)c1cn(Cc2ccc(Cn3ccccc3=O)cc2)[nH]c1=O. The predicted molar refractivity (Wildman–Crippen MR) is 109 cm³/mol. The molecule has 0 fully saturated rings. The minimum Gasteiger partial charge on any atom is -0.353 e. The van der Waals surface area contributed by atoms with Gasteiger partial charge in [-0.15, -0.1) is 0 Å². The maximum Gasteiger partial charge on any atom is 0.276 e. The lowest BCUT2D eigenvalue weighted by Crippen LogP contribution is -2.28. The molecule has 1 amide bonds. The highest BCUT2D eigenvalue weighted by molar-refractivity contribution is 6.89. The number of pyridine rings is 1. The van der Waals surface area contributed by atoms with E-state index in [1.165, 1.54) is 19.4 Å². The summed E-state index contributed by atoms with van der Waals surface area (Å²) >= 11 is 0. The van der Waals surface area contributed by atoms with E-state index in [4.69, 9.17) is 7.74 Å². The minimum atomic E-state index is -0.436. The average Bonchev–Trinajstić information content (AvgIpc) is 3.05. The maximum atomic E-state index is 12.0. The Morgan fingerprint density at radius 3 is 2.46 bits per heavy atom. The first-order chi connectivity index (χ1) is 13.6. The number of hydrogen-bond acceptors (Lipinski definition) is 3. The highest BCUT2D eigenvalue weighted by atomic mass is 16.2. The summed E-state index contributed by atoms with van der Waals surface area (Å²) in [5, 5.41) is 5.29. The van der Waals surface area contributed by atoms with E-state index in [0.717, 1.165) is 11.1 Å². The molecule has 2 heterocycles. The Kier molecular flexibility index (Phi) is 6.37. The Hall–Kier alpha value is -3.22. The van der Waals surface area contributed by atoms with E-state index in [9.17, 15) is 14.4 Å². The van der Waals surface area contributed by atoms with Crippen LogP contribution in [0.5, 0.6) is 0 Å². The Bertz CT molecular complexity index is 1050. The molecule has 0 atom stereocenters. The highest BCUT2D eigenvalue weighted by Crippen LogP contribution is 2.07. The summed E-state index contributed by atoms with van der Waals surface area (Å²) in [5.41, 5.74) is 1.54. The monoisotopic (exact) mass is 373 g/mol. The largest absolute Gasteiger partial charge is 0.353 e. The van der Waals surface area contributed by atoms with Crippen molar-refractivity contribution in [2.75, 3.05) is 6.54 Å². The Morgan fingerprint density at radius 2 is 1.79 bits per heavy atom. The van der Waals surface area contributed by atoms with Crippen LogP contribution >= 0.6 is 0 Å². The zero-order chi connectivity index (χ0) is 19.9. The van der Waals surface area contributed by atoms with Gasteiger partial charge in [0.15, 0.2) is 0 Å². The van der Waals surface area contributed by atoms with Crippen molar-refractivity contribution in [1.29, 1.82) is 0 Å². The summed E-state index contributed by atoms with van der Waals surface area (Å²) in [6.07, 6.45) is 3.78. The summed E-state index contributed by atoms with van der Waals surface area (Å²) in [6.45, 7) is 1.29. The van der Waals surface area contributed by atoms with Gasteiger partial charge in [0.05, 0.1) is 20.3 Å². The molecule has 0 saturated carbocycles. The van der Waals surface area contributed by atoms with Gasteiger partial charge >= 0.3 is 0 Å². The minimum absolute atomic E-state index is 0.0494. The number of aromatic amines is 1. The summed E-state index contributed by atoms with van der Waals surface area (Å²) in [6, 6.07) is 12.8. The Morgan fingerprint density at radius 1 is 1.07 bits per heavy atom. The molecule has 7 nitrogen and oxygen atoms in total. The van der Waals surface area contributed by atoms with Crippen molar-refractivity contribution in [2.45, 2.75) is 19.4 Å². The molecule has 1 aromatic carbocycles. The number of rotatable bonds is 8. The molecule has 0 spiro atoms. The van der Waals surface area contributed by atoms with E-state index in [0.29, 0.717) is 26.0 Å². The maximum absolute atomic E-state index is 12.0. The van der Waals surface area contributed by atoms with Gasteiger partial charge in [-0.2, -0.15) is 0 Å². The summed E-state index contributed by atoms with van der Waals surface area (Å²) in [7, 11) is 6.72. The second-order valence-corrected chi connectivity index (χ2v) is 6.38. The van der Waals surface area contributed by atoms with Crippen molar-refractivity contribution < 1.29 is 4.79 Å². The fourth-order valence-corrected chi connectivity index (χ4v) is 2.78. The van der Waals surface area contributed by atoms with Crippen molar-refractivity contribution in [3.8, 4) is 0 Å². The van der Waals surface area contributed by atoms with Crippen molar-refractivity contribution in [3.05, 3.63) is 92.3 Å². The number of nitrogens with one attached hydrogen (secondary N) is 2. The first kappa shape index (κ1) is 19.5. The van der Waals surface area contributed by atoms with Crippen LogP contribution in [0.25, 0.3) is 0 Å². The van der Waals surface area contributed by atoms with E-state index in [-0.39, 0.29) is 11.1 Å². The molecule has 9 heteroatoms. The molecule has 0 bridgehead atoms. The lowest BCUT2D eigenvalue weighted by atomic mass is 9.54. The number of aromatic nitrogens is 3. The van der Waals surface area contributed by atoms with E-state index in [1.807, 2.05) is 30.3 Å². The molecule has 0 aliphatic carbocycles. The van der Waals surface area contributed by atoms with Gasteiger partial charge in [-0.3, -0.25) is 24.2 Å². The third kappa shape index (κ3) is 4.94. The fraction of sp³-hybridized carbons (Fsp3) is 0.211. The quantitative estimate of drug-likeness (QED) is 0.442. The van der Waals surface area contributed by atoms with Crippen molar-refractivity contribution >= 4 is 20.8 Å². The normalized spacial score (nSPS) is 10.6. The van der Waals surface area contributed by atoms with Crippen molar-refractivity contribution in [1.82, 2.24) is 19.7 Å². The first-order valence-electron chi connectivity index (χ1n) is 8.91. The van der Waals surface area contributed by atoms with Crippen LogP contribution in [-0.2, 0) is 13.1 Å². The number of nitrogens with zero attached hydrogens (tertiary/aromatic N) is 2. The average molecular weight is 373 g/mol.